The minimum Gasteiger partial charge on any atom is -0.414 e. The van der Waals surface area contributed by atoms with Gasteiger partial charge in [0.05, 0.1) is 12.8 Å². The van der Waals surface area contributed by atoms with Crippen LogP contribution in [0.15, 0.2) is 0 Å². The van der Waals surface area contributed by atoms with Gasteiger partial charge in [0.2, 0.25) is 0 Å². The number of ether oxygens (including phenoxy) is 2. The molecule has 0 saturated carbocycles. The molecular weight excluding hydrogens is 196 g/mol. The number of hydrogen-bond donors (Lipinski definition) is 3. The average molecular weight is 206 g/mol. The van der Waals surface area contributed by atoms with Crippen LogP contribution in [-0.4, -0.2) is 39.0 Å². The Morgan fingerprint density at radius 2 is 1.50 bits per heavy atom. The molecule has 0 aromatic carbocycles. The first-order valence-electron chi connectivity index (χ1n) is 3.85. The lowest BCUT2D eigenvalue weighted by atomic mass is 10.2. The van der Waals surface area contributed by atoms with Crippen LogP contribution >= 0.6 is 0 Å². The quantitative estimate of drug-likeness (QED) is 0.343. The number of rotatable bonds is 1. The fraction of sp³-hybridized carbons (Fsp3) is 0.714. The molecule has 3 N–H and O–H groups in total. The van der Waals surface area contributed by atoms with Crippen molar-refractivity contribution in [3.05, 3.63) is 0 Å². The number of aliphatic hydroxyl groups is 3. The molecule has 1 heterocycles. The van der Waals surface area contributed by atoms with E-state index >= 15 is 0 Å². The molecular formula is C7H10O7. The van der Waals surface area contributed by atoms with Crippen molar-refractivity contribution in [3.8, 4) is 0 Å². The van der Waals surface area contributed by atoms with Gasteiger partial charge in [-0.3, -0.25) is 9.59 Å². The van der Waals surface area contributed by atoms with Gasteiger partial charge < -0.3 is 24.8 Å². The summed E-state index contributed by atoms with van der Waals surface area (Å²) in [5.41, 5.74) is 0. The monoisotopic (exact) mass is 206 g/mol. The highest BCUT2D eigenvalue weighted by atomic mass is 16.8. The second-order valence-corrected chi connectivity index (χ2v) is 3.03. The summed E-state index contributed by atoms with van der Waals surface area (Å²) in [4.78, 5) is 21.8. The Hall–Kier alpha value is -1.18. The summed E-state index contributed by atoms with van der Waals surface area (Å²) in [5, 5.41) is 26.5. The molecule has 0 bridgehead atoms. The SMILES string of the molecule is CC1(C(O)(O)O)OC(=O)CCC(=O)O1. The second kappa shape index (κ2) is 3.19. The van der Waals surface area contributed by atoms with Gasteiger partial charge in [0, 0.05) is 6.92 Å². The molecule has 0 spiro atoms. The zero-order valence-corrected chi connectivity index (χ0v) is 7.39. The van der Waals surface area contributed by atoms with Crippen LogP contribution in [0.4, 0.5) is 0 Å². The zero-order chi connectivity index (χ0) is 11.0. The smallest absolute Gasteiger partial charge is 0.357 e. The molecule has 0 radical (unpaired) electrons. The predicted molar refractivity (Wildman–Crippen MR) is 39.2 cm³/mol. The number of cyclic esters (lactones) is 2. The summed E-state index contributed by atoms with van der Waals surface area (Å²) in [6.45, 7) is 0.869. The first-order chi connectivity index (χ1) is 6.24. The van der Waals surface area contributed by atoms with Crippen LogP contribution in [-0.2, 0) is 19.1 Å². The van der Waals surface area contributed by atoms with Gasteiger partial charge >= 0.3 is 23.7 Å². The fourth-order valence-electron chi connectivity index (χ4n) is 0.898. The minimum absolute atomic E-state index is 0.232. The third-order valence-corrected chi connectivity index (χ3v) is 1.76. The van der Waals surface area contributed by atoms with Crippen molar-refractivity contribution in [3.63, 3.8) is 0 Å². The average Bonchev–Trinajstić information content (AvgIpc) is 2.09. The van der Waals surface area contributed by atoms with Crippen molar-refractivity contribution in [2.24, 2.45) is 0 Å². The molecule has 0 atom stereocenters. The van der Waals surface area contributed by atoms with Crippen LogP contribution in [0, 0.1) is 0 Å². The standard InChI is InChI=1S/C7H10O7/c1-6(7(10,11)12)13-4(8)2-3-5(9)14-6/h10-12H,2-3H2,1H3. The summed E-state index contributed by atoms with van der Waals surface area (Å²) in [6.07, 6.45) is -0.463. The predicted octanol–water partition coefficient (Wildman–Crippen LogP) is -1.79. The van der Waals surface area contributed by atoms with E-state index in [9.17, 15) is 9.59 Å². The highest BCUT2D eigenvalue weighted by molar-refractivity contribution is 5.79. The summed E-state index contributed by atoms with van der Waals surface area (Å²) in [5.74, 6) is -7.64. The van der Waals surface area contributed by atoms with E-state index in [0.29, 0.717) is 0 Å². The fourth-order valence-corrected chi connectivity index (χ4v) is 0.898. The highest BCUT2D eigenvalue weighted by Gasteiger charge is 2.54. The van der Waals surface area contributed by atoms with E-state index in [2.05, 4.69) is 9.47 Å². The van der Waals surface area contributed by atoms with Gasteiger partial charge in [-0.1, -0.05) is 0 Å². The largest absolute Gasteiger partial charge is 0.414 e. The van der Waals surface area contributed by atoms with Crippen molar-refractivity contribution in [2.45, 2.75) is 31.5 Å². The van der Waals surface area contributed by atoms with Gasteiger partial charge in [0.15, 0.2) is 0 Å². The van der Waals surface area contributed by atoms with E-state index in [0.717, 1.165) is 6.92 Å². The maximum absolute atomic E-state index is 10.9. The van der Waals surface area contributed by atoms with Gasteiger partial charge in [0.1, 0.15) is 0 Å². The molecule has 1 aliphatic heterocycles. The van der Waals surface area contributed by atoms with Crippen LogP contribution in [0.5, 0.6) is 0 Å². The van der Waals surface area contributed by atoms with Crippen molar-refractivity contribution < 1.29 is 34.4 Å². The number of carbonyl (C=O) groups is 2. The van der Waals surface area contributed by atoms with Crippen molar-refractivity contribution >= 4 is 11.9 Å². The van der Waals surface area contributed by atoms with Crippen molar-refractivity contribution in [1.29, 1.82) is 0 Å². The molecule has 1 saturated heterocycles. The zero-order valence-electron chi connectivity index (χ0n) is 7.39. The summed E-state index contributed by atoms with van der Waals surface area (Å²) >= 11 is 0. The molecule has 1 fully saturated rings. The minimum atomic E-state index is -3.43. The van der Waals surface area contributed by atoms with Crippen LogP contribution in [0.2, 0.25) is 0 Å². The van der Waals surface area contributed by atoms with Gasteiger partial charge in [-0.15, -0.1) is 0 Å². The second-order valence-electron chi connectivity index (χ2n) is 3.03. The molecule has 7 heteroatoms. The molecule has 0 aromatic rings. The van der Waals surface area contributed by atoms with Gasteiger partial charge in [-0.2, -0.15) is 0 Å². The van der Waals surface area contributed by atoms with Gasteiger partial charge in [-0.05, 0) is 0 Å². The highest BCUT2D eigenvalue weighted by Crippen LogP contribution is 2.27. The first-order valence-corrected chi connectivity index (χ1v) is 3.85. The van der Waals surface area contributed by atoms with Crippen molar-refractivity contribution in [2.75, 3.05) is 0 Å². The van der Waals surface area contributed by atoms with E-state index in [4.69, 9.17) is 15.3 Å². The van der Waals surface area contributed by atoms with Crippen LogP contribution in [0.1, 0.15) is 19.8 Å². The molecule has 1 aliphatic rings. The molecule has 1 rings (SSSR count). The Morgan fingerprint density at radius 1 is 1.14 bits per heavy atom. The lowest BCUT2D eigenvalue weighted by Crippen LogP contribution is -2.56. The Morgan fingerprint density at radius 3 is 1.79 bits per heavy atom. The Labute approximate surface area is 78.9 Å². The van der Waals surface area contributed by atoms with E-state index in [1.54, 1.807) is 0 Å². The lowest BCUT2D eigenvalue weighted by molar-refractivity contribution is -0.437. The topological polar surface area (TPSA) is 113 Å². The van der Waals surface area contributed by atoms with Crippen molar-refractivity contribution in [1.82, 2.24) is 0 Å². The molecule has 7 nitrogen and oxygen atoms in total. The first kappa shape index (κ1) is 10.9. The molecule has 14 heavy (non-hydrogen) atoms. The normalized spacial score (nSPS) is 22.3. The number of hydrogen-bond acceptors (Lipinski definition) is 7. The van der Waals surface area contributed by atoms with E-state index in [1.807, 2.05) is 0 Å². The van der Waals surface area contributed by atoms with E-state index in [-0.39, 0.29) is 12.8 Å². The third kappa shape index (κ3) is 2.00. The number of carbonyl (C=O) groups excluding carboxylic acids is 2. The number of esters is 2. The molecule has 80 valence electrons. The summed E-state index contributed by atoms with van der Waals surface area (Å²) in [7, 11) is 0. The molecule has 0 aliphatic carbocycles. The molecule has 0 aromatic heterocycles. The Bertz CT molecular complexity index is 246. The Kier molecular flexibility index (Phi) is 2.49. The van der Waals surface area contributed by atoms with Crippen LogP contribution < -0.4 is 0 Å². The van der Waals surface area contributed by atoms with Crippen LogP contribution in [0.3, 0.4) is 0 Å². The Balaban J connectivity index is 2.95. The maximum atomic E-state index is 10.9. The van der Waals surface area contributed by atoms with E-state index < -0.39 is 23.7 Å². The van der Waals surface area contributed by atoms with Crippen LogP contribution in [0.25, 0.3) is 0 Å². The molecule has 0 unspecified atom stereocenters. The maximum Gasteiger partial charge on any atom is 0.357 e. The third-order valence-electron chi connectivity index (χ3n) is 1.76. The lowest BCUT2D eigenvalue weighted by Gasteiger charge is -2.33. The molecule has 0 amide bonds. The van der Waals surface area contributed by atoms with E-state index in [1.165, 1.54) is 0 Å². The van der Waals surface area contributed by atoms with Gasteiger partial charge in [0.25, 0.3) is 0 Å². The summed E-state index contributed by atoms with van der Waals surface area (Å²) < 4.78 is 8.80. The summed E-state index contributed by atoms with van der Waals surface area (Å²) in [6, 6.07) is 0. The van der Waals surface area contributed by atoms with Gasteiger partial charge in [-0.25, -0.2) is 0 Å².